The van der Waals surface area contributed by atoms with Gasteiger partial charge < -0.3 is 14.6 Å². The van der Waals surface area contributed by atoms with E-state index in [2.05, 4.69) is 20.4 Å². The molecule has 0 saturated carbocycles. The van der Waals surface area contributed by atoms with Gasteiger partial charge >= 0.3 is 0 Å². The number of carbonyl (C=O) groups is 2. The Bertz CT molecular complexity index is 1840. The van der Waals surface area contributed by atoms with Gasteiger partial charge in [-0.2, -0.15) is 5.10 Å². The van der Waals surface area contributed by atoms with Gasteiger partial charge in [-0.05, 0) is 60.9 Å². The second kappa shape index (κ2) is 15.6. The number of hydrazone groups is 1. The summed E-state index contributed by atoms with van der Waals surface area (Å²) in [6.45, 7) is 2.80. The molecule has 10 heteroatoms. The van der Waals surface area contributed by atoms with E-state index >= 15 is 0 Å². The van der Waals surface area contributed by atoms with Crippen LogP contribution in [0.3, 0.4) is 0 Å². The van der Waals surface area contributed by atoms with Crippen LogP contribution in [-0.4, -0.2) is 35.2 Å². The summed E-state index contributed by atoms with van der Waals surface area (Å²) in [7, 11) is 0. The number of aromatic nitrogens is 1. The summed E-state index contributed by atoms with van der Waals surface area (Å²) < 4.78 is 21.3. The van der Waals surface area contributed by atoms with Crippen molar-refractivity contribution >= 4 is 52.1 Å². The number of ether oxygens (including phenoxy) is 1. The Kier molecular flexibility index (Phi) is 11.1. The molecule has 0 aliphatic heterocycles. The minimum atomic E-state index is -0.848. The van der Waals surface area contributed by atoms with Gasteiger partial charge in [-0.1, -0.05) is 83.9 Å². The van der Waals surface area contributed by atoms with Crippen LogP contribution in [0.2, 0.25) is 10.0 Å². The van der Waals surface area contributed by atoms with E-state index in [9.17, 15) is 14.0 Å². The van der Waals surface area contributed by atoms with Crippen LogP contribution in [0.4, 0.5) is 4.39 Å². The molecule has 7 nitrogen and oxygen atoms in total. The van der Waals surface area contributed by atoms with Crippen molar-refractivity contribution in [1.29, 1.82) is 0 Å². The molecule has 1 aromatic heterocycles. The first-order valence-corrected chi connectivity index (χ1v) is 15.6. The van der Waals surface area contributed by atoms with Gasteiger partial charge in [0, 0.05) is 46.6 Å². The minimum Gasteiger partial charge on any atom is -0.492 e. The first-order chi connectivity index (χ1) is 22.3. The van der Waals surface area contributed by atoms with Gasteiger partial charge in [0.25, 0.3) is 5.91 Å². The number of hydrogen-bond acceptors (Lipinski definition) is 4. The van der Waals surface area contributed by atoms with Crippen LogP contribution in [0.25, 0.3) is 10.9 Å². The highest BCUT2D eigenvalue weighted by molar-refractivity contribution is 6.35. The molecule has 0 bridgehead atoms. The zero-order valence-corrected chi connectivity index (χ0v) is 26.7. The lowest BCUT2D eigenvalue weighted by Gasteiger charge is -2.17. The van der Waals surface area contributed by atoms with Crippen molar-refractivity contribution in [3.8, 4) is 5.75 Å². The highest BCUT2D eigenvalue weighted by atomic mass is 35.5. The number of benzene rings is 4. The quantitative estimate of drug-likeness (QED) is 0.0781. The molecule has 1 heterocycles. The molecule has 5 rings (SSSR count). The molecule has 4 aromatic carbocycles. The molecule has 0 aliphatic rings. The summed E-state index contributed by atoms with van der Waals surface area (Å²) >= 11 is 12.1. The third-order valence-corrected chi connectivity index (χ3v) is 8.07. The highest BCUT2D eigenvalue weighted by Crippen LogP contribution is 2.28. The normalized spacial score (nSPS) is 11.9. The summed E-state index contributed by atoms with van der Waals surface area (Å²) in [5, 5.41) is 9.02. The molecule has 46 heavy (non-hydrogen) atoms. The maximum atomic E-state index is 13.5. The van der Waals surface area contributed by atoms with E-state index in [1.165, 1.54) is 12.1 Å². The van der Waals surface area contributed by atoms with Crippen LogP contribution in [0.1, 0.15) is 35.2 Å². The third-order valence-electron chi connectivity index (χ3n) is 7.54. The summed E-state index contributed by atoms with van der Waals surface area (Å²) in [5.41, 5.74) is 7.27. The third kappa shape index (κ3) is 8.53. The number of nitrogens with one attached hydrogen (secondary N) is 2. The summed E-state index contributed by atoms with van der Waals surface area (Å²) in [6.07, 6.45) is 2.49. The lowest BCUT2D eigenvalue weighted by Crippen LogP contribution is -2.46. The van der Waals surface area contributed by atoms with Gasteiger partial charge in [0.05, 0.1) is 17.8 Å². The Balaban J connectivity index is 1.25. The van der Waals surface area contributed by atoms with E-state index in [1.54, 1.807) is 36.5 Å². The van der Waals surface area contributed by atoms with Crippen LogP contribution in [0, 0.1) is 12.7 Å². The van der Waals surface area contributed by atoms with Crippen molar-refractivity contribution in [3.63, 3.8) is 0 Å². The van der Waals surface area contributed by atoms with E-state index in [-0.39, 0.29) is 24.8 Å². The fourth-order valence-electron chi connectivity index (χ4n) is 5.17. The van der Waals surface area contributed by atoms with Crippen molar-refractivity contribution in [3.05, 3.63) is 135 Å². The molecule has 0 aliphatic carbocycles. The maximum Gasteiger partial charge on any atom is 0.262 e. The predicted molar refractivity (Wildman–Crippen MR) is 181 cm³/mol. The monoisotopic (exact) mass is 658 g/mol. The summed E-state index contributed by atoms with van der Waals surface area (Å²) in [4.78, 5) is 26.2. The highest BCUT2D eigenvalue weighted by Gasteiger charge is 2.21. The standard InChI is InChI=1S/C36H33Cl2FN4O3/c1-24-30(29-10-5-6-11-33(29)43(24)23-26-13-16-28(39)17-14-26)22-40-42-36(45)32(20-25-8-3-2-4-9-25)41-35(44)12-7-19-46-34-18-15-27(37)21-31(34)38/h2-6,8-11,13-18,21-22,32H,7,12,19-20,23H2,1H3,(H,41,44)(H,42,45)/b40-22-/t32-/m0/s1. The van der Waals surface area contributed by atoms with Crippen LogP contribution >= 0.6 is 23.2 Å². The molecule has 236 valence electrons. The lowest BCUT2D eigenvalue weighted by molar-refractivity contribution is -0.129. The van der Waals surface area contributed by atoms with E-state index in [4.69, 9.17) is 27.9 Å². The fraction of sp³-hybridized carbons (Fsp3) is 0.194. The molecule has 0 radical (unpaired) electrons. The van der Waals surface area contributed by atoms with E-state index in [1.807, 2.05) is 61.5 Å². The molecule has 0 saturated heterocycles. The Morgan fingerprint density at radius 3 is 2.46 bits per heavy atom. The molecule has 2 amide bonds. The van der Waals surface area contributed by atoms with Crippen molar-refractivity contribution < 1.29 is 18.7 Å². The number of rotatable bonds is 13. The molecular weight excluding hydrogens is 626 g/mol. The number of amides is 2. The van der Waals surface area contributed by atoms with Gasteiger partial charge in [-0.25, -0.2) is 9.82 Å². The van der Waals surface area contributed by atoms with Crippen LogP contribution in [0.15, 0.2) is 102 Å². The average molecular weight is 660 g/mol. The molecule has 2 N–H and O–H groups in total. The lowest BCUT2D eigenvalue weighted by atomic mass is 10.1. The molecule has 1 atom stereocenters. The second-order valence-electron chi connectivity index (χ2n) is 10.8. The number of fused-ring (bicyclic) bond motifs is 1. The minimum absolute atomic E-state index is 0.153. The smallest absolute Gasteiger partial charge is 0.262 e. The molecule has 5 aromatic rings. The Labute approximate surface area is 277 Å². The van der Waals surface area contributed by atoms with Gasteiger partial charge in [0.2, 0.25) is 5.91 Å². The SMILES string of the molecule is Cc1c(/C=N\NC(=O)[C@H](Cc2ccccc2)NC(=O)CCCOc2ccc(Cl)cc2Cl)c2ccccc2n1Cc1ccc(F)cc1. The van der Waals surface area contributed by atoms with Crippen molar-refractivity contribution in [2.24, 2.45) is 5.10 Å². The van der Waals surface area contributed by atoms with Gasteiger partial charge in [-0.15, -0.1) is 0 Å². The van der Waals surface area contributed by atoms with Crippen LogP contribution in [-0.2, 0) is 22.6 Å². The topological polar surface area (TPSA) is 84.7 Å². The second-order valence-corrected chi connectivity index (χ2v) is 11.6. The maximum absolute atomic E-state index is 13.5. The fourth-order valence-corrected chi connectivity index (χ4v) is 5.63. The first kappa shape index (κ1) is 32.7. The number of halogens is 3. The van der Waals surface area contributed by atoms with Crippen molar-refractivity contribution in [2.75, 3.05) is 6.61 Å². The largest absolute Gasteiger partial charge is 0.492 e. The number of carbonyl (C=O) groups excluding carboxylic acids is 2. The Morgan fingerprint density at radius 2 is 1.70 bits per heavy atom. The van der Waals surface area contributed by atoms with Gasteiger partial charge in [-0.3, -0.25) is 9.59 Å². The Morgan fingerprint density at radius 1 is 0.957 bits per heavy atom. The first-order valence-electron chi connectivity index (χ1n) is 14.8. The van der Waals surface area contributed by atoms with E-state index in [0.29, 0.717) is 35.2 Å². The van der Waals surface area contributed by atoms with Crippen LogP contribution in [0.5, 0.6) is 5.75 Å². The predicted octanol–water partition coefficient (Wildman–Crippen LogP) is 7.48. The summed E-state index contributed by atoms with van der Waals surface area (Å²) in [6, 6.07) is 27.9. The molecule has 0 spiro atoms. The van der Waals surface area contributed by atoms with Crippen molar-refractivity contribution in [1.82, 2.24) is 15.3 Å². The molecule has 0 unspecified atom stereocenters. The number of nitrogens with zero attached hydrogens (tertiary/aromatic N) is 2. The average Bonchev–Trinajstić information content (AvgIpc) is 3.31. The molecular formula is C36H33Cl2FN4O3. The van der Waals surface area contributed by atoms with E-state index < -0.39 is 11.9 Å². The number of para-hydroxylation sites is 1. The van der Waals surface area contributed by atoms with Crippen LogP contribution < -0.4 is 15.5 Å². The number of hydrogen-bond donors (Lipinski definition) is 2. The molecule has 0 fully saturated rings. The zero-order valence-electron chi connectivity index (χ0n) is 25.2. The summed E-state index contributed by atoms with van der Waals surface area (Å²) in [5.74, 6) is -0.521. The van der Waals surface area contributed by atoms with Gasteiger partial charge in [0.1, 0.15) is 17.6 Å². The van der Waals surface area contributed by atoms with Gasteiger partial charge in [0.15, 0.2) is 0 Å². The Hall–Kier alpha value is -4.66. The van der Waals surface area contributed by atoms with E-state index in [0.717, 1.165) is 33.3 Å². The zero-order chi connectivity index (χ0) is 32.5. The van der Waals surface area contributed by atoms with Crippen molar-refractivity contribution in [2.45, 2.75) is 38.8 Å².